The molecule has 0 nitrogen and oxygen atoms in total. The molecule has 0 saturated heterocycles. The summed E-state index contributed by atoms with van der Waals surface area (Å²) in [7, 11) is 0. The maximum Gasteiger partial charge on any atom is -0.00530 e. The third kappa shape index (κ3) is 0.357. The molecule has 0 aromatic rings. The summed E-state index contributed by atoms with van der Waals surface area (Å²) in [6, 6.07) is 0. The van der Waals surface area contributed by atoms with Gasteiger partial charge in [-0.3, -0.25) is 0 Å². The third-order valence-corrected chi connectivity index (χ3v) is 3.63. The van der Waals surface area contributed by atoms with Crippen molar-refractivity contribution in [3.05, 3.63) is 12.2 Å². The second-order valence-corrected chi connectivity index (χ2v) is 4.05. The molecule has 0 aromatic heterocycles. The van der Waals surface area contributed by atoms with Crippen LogP contribution in [0.1, 0.15) is 32.1 Å². The Morgan fingerprint density at radius 1 is 1.11 bits per heavy atom. The van der Waals surface area contributed by atoms with E-state index in [9.17, 15) is 0 Å². The Bertz CT molecular complexity index is 186. The number of hydrogen-bond donors (Lipinski definition) is 0. The van der Waals surface area contributed by atoms with Gasteiger partial charge in [-0.25, -0.2) is 0 Å². The summed E-state index contributed by atoms with van der Waals surface area (Å²) < 4.78 is 0. The van der Waals surface area contributed by atoms with Crippen LogP contribution in [0.25, 0.3) is 0 Å². The van der Waals surface area contributed by atoms with Crippen molar-refractivity contribution in [2.75, 3.05) is 0 Å². The fourth-order valence-electron chi connectivity index (χ4n) is 2.71. The van der Waals surface area contributed by atoms with Crippen LogP contribution >= 0.6 is 0 Å². The molecule has 2 fully saturated rings. The van der Waals surface area contributed by atoms with Gasteiger partial charge in [0.25, 0.3) is 0 Å². The van der Waals surface area contributed by atoms with E-state index in [1.54, 1.807) is 0 Å². The predicted octanol–water partition coefficient (Wildman–Crippen LogP) is 2.51. The number of fused-ring (bicyclic) bond motifs is 1. The molecule has 0 heterocycles. The normalized spacial score (nSPS) is 48.9. The highest BCUT2D eigenvalue weighted by molar-refractivity contribution is 5.32. The Morgan fingerprint density at radius 3 is 2.44 bits per heavy atom. The fourth-order valence-corrected chi connectivity index (χ4v) is 2.71. The van der Waals surface area contributed by atoms with Gasteiger partial charge >= 0.3 is 0 Å². The van der Waals surface area contributed by atoms with E-state index in [-0.39, 0.29) is 0 Å². The van der Waals surface area contributed by atoms with Crippen molar-refractivity contribution >= 4 is 0 Å². The minimum Gasteiger partial charge on any atom is -0.0879 e. The van der Waals surface area contributed by atoms with E-state index in [2.05, 4.69) is 12.2 Å². The highest BCUT2D eigenvalue weighted by Crippen LogP contribution is 2.81. The summed E-state index contributed by atoms with van der Waals surface area (Å²) in [5.74, 6) is 0. The lowest BCUT2D eigenvalue weighted by Gasteiger charge is -2.01. The average Bonchev–Trinajstić information content (AvgIpc) is 2.65. The molecule has 3 rings (SSSR count). The first-order chi connectivity index (χ1) is 4.37. The quantitative estimate of drug-likeness (QED) is 0.431. The van der Waals surface area contributed by atoms with Crippen LogP contribution < -0.4 is 0 Å². The van der Waals surface area contributed by atoms with E-state index in [0.717, 1.165) is 10.8 Å². The Kier molecular flexibility index (Phi) is 0.505. The van der Waals surface area contributed by atoms with Crippen molar-refractivity contribution in [1.29, 1.82) is 0 Å². The maximum atomic E-state index is 2.50. The smallest absolute Gasteiger partial charge is 0.00530 e. The van der Waals surface area contributed by atoms with Crippen LogP contribution in [0.15, 0.2) is 12.2 Å². The van der Waals surface area contributed by atoms with Crippen molar-refractivity contribution in [2.24, 2.45) is 10.8 Å². The second-order valence-electron chi connectivity index (χ2n) is 4.05. The van der Waals surface area contributed by atoms with Gasteiger partial charge in [-0.15, -0.1) is 0 Å². The van der Waals surface area contributed by atoms with Crippen LogP contribution in [0.3, 0.4) is 0 Å². The van der Waals surface area contributed by atoms with Gasteiger partial charge in [-0.2, -0.15) is 0 Å². The molecule has 0 aromatic carbocycles. The largest absolute Gasteiger partial charge is 0.0879 e. The van der Waals surface area contributed by atoms with Gasteiger partial charge < -0.3 is 0 Å². The molecule has 0 bridgehead atoms. The summed E-state index contributed by atoms with van der Waals surface area (Å²) in [6.45, 7) is 0. The first-order valence-electron chi connectivity index (χ1n) is 4.05. The van der Waals surface area contributed by atoms with Crippen LogP contribution in [0.4, 0.5) is 0 Å². The highest BCUT2D eigenvalue weighted by Gasteiger charge is 2.72. The van der Waals surface area contributed by atoms with Crippen molar-refractivity contribution in [3.63, 3.8) is 0 Å². The van der Waals surface area contributed by atoms with E-state index in [1.807, 2.05) is 0 Å². The highest BCUT2D eigenvalue weighted by atomic mass is 14.8. The molecule has 48 valence electrons. The van der Waals surface area contributed by atoms with Crippen molar-refractivity contribution in [2.45, 2.75) is 32.1 Å². The molecule has 0 N–H and O–H groups in total. The predicted molar refractivity (Wildman–Crippen MR) is 37.1 cm³/mol. The van der Waals surface area contributed by atoms with Crippen LogP contribution in [0, 0.1) is 10.8 Å². The molecule has 9 heavy (non-hydrogen) atoms. The van der Waals surface area contributed by atoms with E-state index in [0.29, 0.717) is 0 Å². The molecule has 2 saturated carbocycles. The average molecular weight is 120 g/mol. The summed E-state index contributed by atoms with van der Waals surface area (Å²) in [4.78, 5) is 0. The zero-order chi connectivity index (χ0) is 5.95. The van der Waals surface area contributed by atoms with E-state index < -0.39 is 0 Å². The molecule has 1 atom stereocenters. The van der Waals surface area contributed by atoms with Gasteiger partial charge in [0.2, 0.25) is 0 Å². The SMILES string of the molecule is C1=CC2(CC1)CC21CC1. The van der Waals surface area contributed by atoms with Crippen LogP contribution in [-0.2, 0) is 0 Å². The second kappa shape index (κ2) is 1.00. The van der Waals surface area contributed by atoms with Crippen LogP contribution in [0.2, 0.25) is 0 Å². The summed E-state index contributed by atoms with van der Waals surface area (Å²) in [5, 5.41) is 0. The summed E-state index contributed by atoms with van der Waals surface area (Å²) in [6.07, 6.45) is 12.3. The lowest BCUT2D eigenvalue weighted by atomic mass is 10.0. The fraction of sp³-hybridized carbons (Fsp3) is 0.778. The van der Waals surface area contributed by atoms with Gasteiger partial charge in [0, 0.05) is 0 Å². The zero-order valence-electron chi connectivity index (χ0n) is 5.69. The maximum absolute atomic E-state index is 2.50. The minimum atomic E-state index is 0.771. The first-order valence-corrected chi connectivity index (χ1v) is 4.05. The van der Waals surface area contributed by atoms with E-state index >= 15 is 0 Å². The van der Waals surface area contributed by atoms with Crippen LogP contribution in [-0.4, -0.2) is 0 Å². The van der Waals surface area contributed by atoms with Crippen molar-refractivity contribution < 1.29 is 0 Å². The molecule has 0 aliphatic heterocycles. The van der Waals surface area contributed by atoms with E-state index in [4.69, 9.17) is 0 Å². The third-order valence-electron chi connectivity index (χ3n) is 3.63. The Labute approximate surface area is 56.0 Å². The summed E-state index contributed by atoms with van der Waals surface area (Å²) in [5.41, 5.74) is 1.66. The zero-order valence-corrected chi connectivity index (χ0v) is 5.69. The van der Waals surface area contributed by atoms with Gasteiger partial charge in [0.15, 0.2) is 0 Å². The first kappa shape index (κ1) is 4.54. The topological polar surface area (TPSA) is 0 Å². The number of hydrogen-bond acceptors (Lipinski definition) is 0. The molecule has 1 unspecified atom stereocenters. The minimum absolute atomic E-state index is 0.771. The van der Waals surface area contributed by atoms with Crippen LogP contribution in [0.5, 0.6) is 0 Å². The van der Waals surface area contributed by atoms with Gasteiger partial charge in [-0.05, 0) is 42.9 Å². The molecule has 3 aliphatic carbocycles. The monoisotopic (exact) mass is 120 g/mol. The number of rotatable bonds is 0. The number of allylic oxidation sites excluding steroid dienone is 2. The van der Waals surface area contributed by atoms with Crippen molar-refractivity contribution in [3.8, 4) is 0 Å². The Morgan fingerprint density at radius 2 is 2.00 bits per heavy atom. The molecule has 0 radical (unpaired) electrons. The lowest BCUT2D eigenvalue weighted by molar-refractivity contribution is 0.547. The van der Waals surface area contributed by atoms with Gasteiger partial charge in [-0.1, -0.05) is 12.2 Å². The molecule has 2 spiro atoms. The molecule has 0 amide bonds. The molecular weight excluding hydrogens is 108 g/mol. The molecule has 0 heteroatoms. The Balaban J connectivity index is 1.99. The molecule has 3 aliphatic rings. The standard InChI is InChI=1S/C9H12/c1-2-4-8(3-1)7-9(8)5-6-9/h1,3H,2,4-7H2. The molecular formula is C9H12. The Hall–Kier alpha value is -0.260. The van der Waals surface area contributed by atoms with E-state index in [1.165, 1.54) is 32.1 Å². The van der Waals surface area contributed by atoms with Gasteiger partial charge in [0.1, 0.15) is 0 Å². The van der Waals surface area contributed by atoms with Crippen molar-refractivity contribution in [1.82, 2.24) is 0 Å². The van der Waals surface area contributed by atoms with Gasteiger partial charge in [0.05, 0.1) is 0 Å². The lowest BCUT2D eigenvalue weighted by Crippen LogP contribution is -1.93. The summed E-state index contributed by atoms with van der Waals surface area (Å²) >= 11 is 0.